The lowest BCUT2D eigenvalue weighted by Gasteiger charge is -2.49. The van der Waals surface area contributed by atoms with Gasteiger partial charge in [0.1, 0.15) is 6.61 Å². The maximum Gasteiger partial charge on any atom is 0.174 e. The predicted molar refractivity (Wildman–Crippen MR) is 162 cm³/mol. The lowest BCUT2D eigenvalue weighted by atomic mass is 9.63. The minimum absolute atomic E-state index is 0.132. The van der Waals surface area contributed by atoms with Crippen LogP contribution in [0.5, 0.6) is 11.5 Å². The van der Waals surface area contributed by atoms with Crippen molar-refractivity contribution in [3.8, 4) is 11.5 Å². The molecule has 2 aliphatic carbocycles. The molecule has 39 heavy (non-hydrogen) atoms. The van der Waals surface area contributed by atoms with E-state index in [2.05, 4.69) is 67.8 Å². The molecule has 1 aliphatic heterocycles. The van der Waals surface area contributed by atoms with Gasteiger partial charge in [-0.15, -0.1) is 0 Å². The lowest BCUT2D eigenvalue weighted by Crippen LogP contribution is -2.44. The van der Waals surface area contributed by atoms with E-state index in [9.17, 15) is 9.59 Å². The number of carbonyl (C=O) groups is 2. The van der Waals surface area contributed by atoms with Gasteiger partial charge in [-0.05, 0) is 77.3 Å². The highest BCUT2D eigenvalue weighted by Crippen LogP contribution is 2.55. The highest BCUT2D eigenvalue weighted by molar-refractivity contribution is 14.1. The molecule has 0 N–H and O–H groups in total. The van der Waals surface area contributed by atoms with Crippen molar-refractivity contribution in [2.45, 2.75) is 72.6 Å². The molecular formula is C32H42INO5. The molecule has 212 valence electrons. The maximum absolute atomic E-state index is 14.0. The van der Waals surface area contributed by atoms with Crippen LogP contribution >= 0.6 is 22.6 Å². The fourth-order valence-corrected chi connectivity index (χ4v) is 7.10. The van der Waals surface area contributed by atoms with E-state index in [0.29, 0.717) is 44.2 Å². The third-order valence-corrected chi connectivity index (χ3v) is 8.56. The van der Waals surface area contributed by atoms with E-state index < -0.39 is 5.92 Å². The molecule has 1 aromatic carbocycles. The summed E-state index contributed by atoms with van der Waals surface area (Å²) in [5, 5.41) is 0. The average Bonchev–Trinajstić information content (AvgIpc) is 2.82. The van der Waals surface area contributed by atoms with Gasteiger partial charge >= 0.3 is 0 Å². The Kier molecular flexibility index (Phi) is 9.01. The normalized spacial score (nSPS) is 20.6. The zero-order valence-corrected chi connectivity index (χ0v) is 26.4. The standard InChI is InChI=1S/C32H42INO5/c1-8-12-39-30-21(33)14-20(15-26(30)38-9-2)27-28-22(16-31(3,4)18-24(28)35)34(11-10-13-37-7)23-17-32(5,6)19-25(36)29(23)27/h8,14-15,27H,1,9-13,16-19H2,2-7H3. The molecule has 4 rings (SSSR count). The van der Waals surface area contributed by atoms with Gasteiger partial charge in [0.15, 0.2) is 23.1 Å². The third-order valence-electron chi connectivity index (χ3n) is 7.76. The highest BCUT2D eigenvalue weighted by atomic mass is 127. The maximum atomic E-state index is 14.0. The Bertz CT molecular complexity index is 1170. The summed E-state index contributed by atoms with van der Waals surface area (Å²) in [5.74, 6) is 1.13. The summed E-state index contributed by atoms with van der Waals surface area (Å²) in [6.45, 7) is 16.6. The molecule has 0 fully saturated rings. The first-order valence-corrected chi connectivity index (χ1v) is 15.0. The Balaban J connectivity index is 1.97. The summed E-state index contributed by atoms with van der Waals surface area (Å²) in [7, 11) is 1.71. The number of rotatable bonds is 10. The first kappa shape index (κ1) is 29.8. The van der Waals surface area contributed by atoms with Crippen molar-refractivity contribution in [1.82, 2.24) is 4.90 Å². The van der Waals surface area contributed by atoms with Crippen molar-refractivity contribution in [3.63, 3.8) is 0 Å². The van der Waals surface area contributed by atoms with Crippen LogP contribution in [0.25, 0.3) is 0 Å². The third kappa shape index (κ3) is 6.14. The van der Waals surface area contributed by atoms with Gasteiger partial charge in [0.2, 0.25) is 0 Å². The molecule has 0 spiro atoms. The summed E-state index contributed by atoms with van der Waals surface area (Å²) in [4.78, 5) is 30.3. The second-order valence-electron chi connectivity index (χ2n) is 12.4. The minimum atomic E-state index is -0.415. The molecule has 3 aliphatic rings. The highest BCUT2D eigenvalue weighted by Gasteiger charge is 2.49. The van der Waals surface area contributed by atoms with Crippen LogP contribution in [0.2, 0.25) is 0 Å². The van der Waals surface area contributed by atoms with Crippen LogP contribution in [-0.4, -0.2) is 49.9 Å². The zero-order valence-electron chi connectivity index (χ0n) is 24.2. The van der Waals surface area contributed by atoms with E-state index in [1.54, 1.807) is 13.2 Å². The van der Waals surface area contributed by atoms with E-state index in [0.717, 1.165) is 57.5 Å². The topological polar surface area (TPSA) is 65.1 Å². The second kappa shape index (κ2) is 11.8. The number of benzene rings is 1. The molecule has 0 atom stereocenters. The Morgan fingerprint density at radius 1 is 1.00 bits per heavy atom. The Labute approximate surface area is 247 Å². The summed E-state index contributed by atoms with van der Waals surface area (Å²) < 4.78 is 18.3. The summed E-state index contributed by atoms with van der Waals surface area (Å²) in [6, 6.07) is 4.03. The molecule has 0 aromatic heterocycles. The van der Waals surface area contributed by atoms with Gasteiger partial charge in [-0.2, -0.15) is 0 Å². The van der Waals surface area contributed by atoms with Crippen molar-refractivity contribution < 1.29 is 23.8 Å². The van der Waals surface area contributed by atoms with E-state index in [4.69, 9.17) is 14.2 Å². The van der Waals surface area contributed by atoms with E-state index in [1.165, 1.54) is 0 Å². The Morgan fingerprint density at radius 2 is 1.59 bits per heavy atom. The van der Waals surface area contributed by atoms with Crippen molar-refractivity contribution in [2.24, 2.45) is 10.8 Å². The van der Waals surface area contributed by atoms with Crippen molar-refractivity contribution in [1.29, 1.82) is 0 Å². The van der Waals surface area contributed by atoms with Crippen molar-refractivity contribution in [3.05, 3.63) is 56.5 Å². The van der Waals surface area contributed by atoms with Crippen LogP contribution in [-0.2, 0) is 14.3 Å². The number of methoxy groups -OCH3 is 1. The molecule has 7 heteroatoms. The van der Waals surface area contributed by atoms with Gasteiger partial charge < -0.3 is 19.1 Å². The van der Waals surface area contributed by atoms with Crippen molar-refractivity contribution >= 4 is 34.2 Å². The van der Waals surface area contributed by atoms with Gasteiger partial charge in [-0.25, -0.2) is 0 Å². The average molecular weight is 648 g/mol. The number of hydrogen-bond donors (Lipinski definition) is 0. The first-order chi connectivity index (χ1) is 18.4. The fraction of sp³-hybridized carbons (Fsp3) is 0.562. The van der Waals surface area contributed by atoms with E-state index >= 15 is 0 Å². The molecule has 1 aromatic rings. The van der Waals surface area contributed by atoms with Gasteiger partial charge in [0.25, 0.3) is 0 Å². The molecule has 6 nitrogen and oxygen atoms in total. The minimum Gasteiger partial charge on any atom is -0.490 e. The van der Waals surface area contributed by atoms with Crippen LogP contribution < -0.4 is 9.47 Å². The monoisotopic (exact) mass is 647 g/mol. The Hall–Kier alpha value is -2.13. The molecule has 1 heterocycles. The van der Waals surface area contributed by atoms with Crippen LogP contribution in [0.4, 0.5) is 0 Å². The van der Waals surface area contributed by atoms with E-state index in [1.807, 2.05) is 13.0 Å². The number of halogens is 1. The molecule has 0 amide bonds. The van der Waals surface area contributed by atoms with Crippen LogP contribution in [0, 0.1) is 14.4 Å². The van der Waals surface area contributed by atoms with Gasteiger partial charge in [0, 0.05) is 61.6 Å². The summed E-state index contributed by atoms with van der Waals surface area (Å²) >= 11 is 2.27. The Morgan fingerprint density at radius 3 is 2.10 bits per heavy atom. The van der Waals surface area contributed by atoms with Crippen LogP contribution in [0.1, 0.15) is 78.2 Å². The predicted octanol–water partition coefficient (Wildman–Crippen LogP) is 6.98. The van der Waals surface area contributed by atoms with Gasteiger partial charge in [-0.3, -0.25) is 9.59 Å². The molecule has 0 saturated carbocycles. The van der Waals surface area contributed by atoms with Crippen LogP contribution in [0.15, 0.2) is 47.3 Å². The smallest absolute Gasteiger partial charge is 0.174 e. The molecule has 0 saturated heterocycles. The number of allylic oxidation sites excluding steroid dienone is 4. The summed E-state index contributed by atoms with van der Waals surface area (Å²) in [6.07, 6.45) is 5.04. The van der Waals surface area contributed by atoms with Gasteiger partial charge in [0.05, 0.1) is 10.2 Å². The zero-order chi connectivity index (χ0) is 28.5. The summed E-state index contributed by atoms with van der Waals surface area (Å²) in [5.41, 5.74) is 4.29. The number of ether oxygens (including phenoxy) is 3. The largest absolute Gasteiger partial charge is 0.490 e. The number of hydrogen-bond acceptors (Lipinski definition) is 6. The number of nitrogens with zero attached hydrogens (tertiary/aromatic N) is 1. The van der Waals surface area contributed by atoms with Gasteiger partial charge in [-0.1, -0.05) is 40.3 Å². The molecule has 0 bridgehead atoms. The number of Topliss-reactive ketones (excluding diaryl/α,β-unsaturated/α-hetero) is 2. The van der Waals surface area contributed by atoms with E-state index in [-0.39, 0.29) is 22.4 Å². The van der Waals surface area contributed by atoms with Crippen LogP contribution in [0.3, 0.4) is 0 Å². The van der Waals surface area contributed by atoms with Crippen molar-refractivity contribution in [2.75, 3.05) is 33.5 Å². The molecule has 0 radical (unpaired) electrons. The fourth-order valence-electron chi connectivity index (χ4n) is 6.32. The molecule has 0 unspecified atom stereocenters. The molecular weight excluding hydrogens is 605 g/mol. The SMILES string of the molecule is C=CCOc1c(I)cc(C2C3=C(CC(C)(C)CC3=O)N(CCCOC)C3=C2C(=O)CC(C)(C)C3)cc1OCC. The number of carbonyl (C=O) groups excluding carboxylic acids is 2. The first-order valence-electron chi connectivity index (χ1n) is 13.9. The lowest BCUT2D eigenvalue weighted by molar-refractivity contribution is -0.119. The number of ketones is 2. The second-order valence-corrected chi connectivity index (χ2v) is 13.6. The quantitative estimate of drug-likeness (QED) is 0.155.